The van der Waals surface area contributed by atoms with Gasteiger partial charge in [-0.3, -0.25) is 0 Å². The molecule has 66 valence electrons. The number of phenols is 1. The molecule has 0 aromatic heterocycles. The van der Waals surface area contributed by atoms with E-state index in [4.69, 9.17) is 16.2 Å². The number of ether oxygens (including phenoxy) is 1. The summed E-state index contributed by atoms with van der Waals surface area (Å²) in [5, 5.41) is 9.33. The highest BCUT2D eigenvalue weighted by Crippen LogP contribution is 2.32. The van der Waals surface area contributed by atoms with Gasteiger partial charge in [-0.05, 0) is 17.7 Å². The van der Waals surface area contributed by atoms with Crippen LogP contribution in [0.1, 0.15) is 5.56 Å². The number of hydrogen-bond donors (Lipinski definition) is 3. The van der Waals surface area contributed by atoms with E-state index in [0.29, 0.717) is 12.3 Å². The summed E-state index contributed by atoms with van der Waals surface area (Å²) in [6, 6.07) is 3.28. The Morgan fingerprint density at radius 3 is 2.67 bits per heavy atom. The Morgan fingerprint density at radius 2 is 2.17 bits per heavy atom. The Kier molecular flexibility index (Phi) is 2.40. The maximum atomic E-state index is 9.33. The van der Waals surface area contributed by atoms with Crippen LogP contribution in [0.3, 0.4) is 0 Å². The van der Waals surface area contributed by atoms with Crippen LogP contribution < -0.4 is 16.2 Å². The SMILES string of the molecule is COc1cc(CN)cc(N)c1O. The molecule has 5 N–H and O–H groups in total. The van der Waals surface area contributed by atoms with Crippen LogP contribution in [0.2, 0.25) is 0 Å². The molecule has 0 amide bonds. The molecule has 0 saturated carbocycles. The van der Waals surface area contributed by atoms with E-state index in [9.17, 15) is 5.11 Å². The number of methoxy groups -OCH3 is 1. The van der Waals surface area contributed by atoms with Gasteiger partial charge in [0.15, 0.2) is 11.5 Å². The van der Waals surface area contributed by atoms with Crippen molar-refractivity contribution >= 4 is 5.69 Å². The number of nitrogen functional groups attached to an aromatic ring is 1. The Bertz CT molecular complexity index is 287. The molecular formula is C8H12N2O2. The average molecular weight is 168 g/mol. The molecule has 1 rings (SSSR count). The normalized spacial score (nSPS) is 9.83. The number of phenolic OH excluding ortho intramolecular Hbond substituents is 1. The van der Waals surface area contributed by atoms with Crippen LogP contribution >= 0.6 is 0 Å². The third-order valence-corrected chi connectivity index (χ3v) is 1.62. The Balaban J connectivity index is 3.19. The van der Waals surface area contributed by atoms with Crippen molar-refractivity contribution in [3.05, 3.63) is 17.7 Å². The van der Waals surface area contributed by atoms with Crippen molar-refractivity contribution < 1.29 is 9.84 Å². The van der Waals surface area contributed by atoms with Gasteiger partial charge >= 0.3 is 0 Å². The van der Waals surface area contributed by atoms with Crippen molar-refractivity contribution in [2.75, 3.05) is 12.8 Å². The predicted molar refractivity (Wildman–Crippen MR) is 47.0 cm³/mol. The monoisotopic (exact) mass is 168 g/mol. The lowest BCUT2D eigenvalue weighted by Gasteiger charge is -2.07. The van der Waals surface area contributed by atoms with E-state index in [1.165, 1.54) is 7.11 Å². The van der Waals surface area contributed by atoms with Crippen molar-refractivity contribution in [2.45, 2.75) is 6.54 Å². The van der Waals surface area contributed by atoms with E-state index in [0.717, 1.165) is 5.56 Å². The second-order valence-electron chi connectivity index (χ2n) is 2.44. The second kappa shape index (κ2) is 3.32. The zero-order valence-electron chi connectivity index (χ0n) is 6.87. The van der Waals surface area contributed by atoms with E-state index in [2.05, 4.69) is 0 Å². The van der Waals surface area contributed by atoms with Crippen LogP contribution in [0.4, 0.5) is 5.69 Å². The van der Waals surface area contributed by atoms with Crippen molar-refractivity contribution in [1.82, 2.24) is 0 Å². The summed E-state index contributed by atoms with van der Waals surface area (Å²) in [4.78, 5) is 0. The summed E-state index contributed by atoms with van der Waals surface area (Å²) >= 11 is 0. The summed E-state index contributed by atoms with van der Waals surface area (Å²) in [6.07, 6.45) is 0. The van der Waals surface area contributed by atoms with E-state index in [1.807, 2.05) is 0 Å². The molecule has 0 radical (unpaired) electrons. The van der Waals surface area contributed by atoms with Gasteiger partial charge < -0.3 is 21.3 Å². The third kappa shape index (κ3) is 1.43. The lowest BCUT2D eigenvalue weighted by Crippen LogP contribution is -1.99. The van der Waals surface area contributed by atoms with Crippen LogP contribution in [0, 0.1) is 0 Å². The number of hydrogen-bond acceptors (Lipinski definition) is 4. The van der Waals surface area contributed by atoms with Gasteiger partial charge in [0.2, 0.25) is 0 Å². The molecule has 0 aliphatic carbocycles. The Hall–Kier alpha value is -1.42. The Morgan fingerprint density at radius 1 is 1.50 bits per heavy atom. The fourth-order valence-electron chi connectivity index (χ4n) is 0.962. The van der Waals surface area contributed by atoms with Gasteiger partial charge in [-0.25, -0.2) is 0 Å². The molecule has 0 heterocycles. The molecule has 1 aromatic rings. The number of rotatable bonds is 2. The zero-order chi connectivity index (χ0) is 9.14. The largest absolute Gasteiger partial charge is 0.503 e. The summed E-state index contributed by atoms with van der Waals surface area (Å²) < 4.78 is 4.88. The van der Waals surface area contributed by atoms with E-state index in [1.54, 1.807) is 12.1 Å². The van der Waals surface area contributed by atoms with Gasteiger partial charge in [-0.15, -0.1) is 0 Å². The first kappa shape index (κ1) is 8.67. The van der Waals surface area contributed by atoms with Crippen molar-refractivity contribution in [2.24, 2.45) is 5.73 Å². The fraction of sp³-hybridized carbons (Fsp3) is 0.250. The van der Waals surface area contributed by atoms with E-state index >= 15 is 0 Å². The minimum absolute atomic E-state index is 0.0327. The van der Waals surface area contributed by atoms with Crippen LogP contribution in [-0.4, -0.2) is 12.2 Å². The quantitative estimate of drug-likeness (QED) is 0.442. The Labute approximate surface area is 70.7 Å². The maximum absolute atomic E-state index is 9.33. The molecule has 0 aliphatic rings. The molecule has 0 spiro atoms. The molecule has 0 saturated heterocycles. The van der Waals surface area contributed by atoms with Crippen LogP contribution in [0.5, 0.6) is 11.5 Å². The third-order valence-electron chi connectivity index (χ3n) is 1.62. The van der Waals surface area contributed by atoms with Crippen molar-refractivity contribution in [3.8, 4) is 11.5 Å². The van der Waals surface area contributed by atoms with E-state index in [-0.39, 0.29) is 11.4 Å². The average Bonchev–Trinajstić information content (AvgIpc) is 2.09. The number of aromatic hydroxyl groups is 1. The molecule has 1 aromatic carbocycles. The molecule has 0 aliphatic heterocycles. The molecular weight excluding hydrogens is 156 g/mol. The van der Waals surface area contributed by atoms with Gasteiger partial charge in [-0.2, -0.15) is 0 Å². The van der Waals surface area contributed by atoms with Crippen LogP contribution in [-0.2, 0) is 6.54 Å². The van der Waals surface area contributed by atoms with Gasteiger partial charge in [0.05, 0.1) is 12.8 Å². The lowest BCUT2D eigenvalue weighted by atomic mass is 10.2. The van der Waals surface area contributed by atoms with Crippen molar-refractivity contribution in [1.29, 1.82) is 0 Å². The van der Waals surface area contributed by atoms with Gasteiger partial charge in [0.1, 0.15) is 0 Å². The zero-order valence-corrected chi connectivity index (χ0v) is 6.87. The first-order valence-corrected chi connectivity index (χ1v) is 3.54. The number of benzene rings is 1. The second-order valence-corrected chi connectivity index (χ2v) is 2.44. The number of anilines is 1. The van der Waals surface area contributed by atoms with Crippen molar-refractivity contribution in [3.63, 3.8) is 0 Å². The first-order valence-electron chi connectivity index (χ1n) is 3.54. The molecule has 0 unspecified atom stereocenters. The lowest BCUT2D eigenvalue weighted by molar-refractivity contribution is 0.374. The molecule has 0 fully saturated rings. The minimum atomic E-state index is -0.0327. The van der Waals surface area contributed by atoms with Gasteiger partial charge in [-0.1, -0.05) is 0 Å². The minimum Gasteiger partial charge on any atom is -0.503 e. The predicted octanol–water partition coefficient (Wildman–Crippen LogP) is 0.442. The molecule has 4 nitrogen and oxygen atoms in total. The molecule has 0 atom stereocenters. The highest BCUT2D eigenvalue weighted by molar-refractivity contribution is 5.61. The maximum Gasteiger partial charge on any atom is 0.181 e. The van der Waals surface area contributed by atoms with Crippen LogP contribution in [0.25, 0.3) is 0 Å². The molecule has 4 heteroatoms. The highest BCUT2D eigenvalue weighted by atomic mass is 16.5. The topological polar surface area (TPSA) is 81.5 Å². The summed E-state index contributed by atoms with van der Waals surface area (Å²) in [7, 11) is 1.47. The van der Waals surface area contributed by atoms with Crippen LogP contribution in [0.15, 0.2) is 12.1 Å². The summed E-state index contributed by atoms with van der Waals surface area (Å²) in [6.45, 7) is 0.376. The highest BCUT2D eigenvalue weighted by Gasteiger charge is 2.06. The van der Waals surface area contributed by atoms with Gasteiger partial charge in [0, 0.05) is 6.54 Å². The summed E-state index contributed by atoms with van der Waals surface area (Å²) in [5.74, 6) is 0.324. The standard InChI is InChI=1S/C8H12N2O2/c1-12-7-3-5(4-9)2-6(10)8(7)11/h2-3,11H,4,9-10H2,1H3. The molecule has 12 heavy (non-hydrogen) atoms. The first-order chi connectivity index (χ1) is 5.69. The smallest absolute Gasteiger partial charge is 0.181 e. The fourth-order valence-corrected chi connectivity index (χ4v) is 0.962. The summed E-state index contributed by atoms with van der Waals surface area (Å²) in [5.41, 5.74) is 12.0. The molecule has 0 bridgehead atoms. The van der Waals surface area contributed by atoms with Gasteiger partial charge in [0.25, 0.3) is 0 Å². The van der Waals surface area contributed by atoms with E-state index < -0.39 is 0 Å². The number of nitrogens with two attached hydrogens (primary N) is 2.